The second-order valence-corrected chi connectivity index (χ2v) is 11.5. The molecule has 2 N–H and O–H groups in total. The van der Waals surface area contributed by atoms with Crippen LogP contribution in [-0.4, -0.2) is 80.5 Å². The van der Waals surface area contributed by atoms with E-state index in [0.29, 0.717) is 17.7 Å². The highest BCUT2D eigenvalue weighted by atomic mass is 16.6. The maximum absolute atomic E-state index is 12.7. The monoisotopic (exact) mass is 598 g/mol. The molecule has 3 aromatic carbocycles. The van der Waals surface area contributed by atoms with Crippen molar-refractivity contribution in [3.8, 4) is 11.1 Å². The Morgan fingerprint density at radius 3 is 2.34 bits per heavy atom. The Morgan fingerprint density at radius 2 is 1.55 bits per heavy atom. The van der Waals surface area contributed by atoms with E-state index in [4.69, 9.17) is 4.74 Å². The van der Waals surface area contributed by atoms with Gasteiger partial charge in [0.15, 0.2) is 6.29 Å². The summed E-state index contributed by atoms with van der Waals surface area (Å²) in [5.41, 5.74) is 3.64. The SMILES string of the molecule is CN(CCCCCCN1CCC(OC(=O)Nc2ccccc2-c2ccccc2)CC1)CCCNC(=O)c1ccccc1C=O. The molecule has 1 saturated heterocycles. The van der Waals surface area contributed by atoms with Crippen LogP contribution in [-0.2, 0) is 4.74 Å². The Bertz CT molecular complexity index is 1320. The first-order valence-electron chi connectivity index (χ1n) is 15.9. The molecular formula is C36H46N4O4. The molecule has 2 amide bonds. The molecule has 3 aromatic rings. The van der Waals surface area contributed by atoms with Gasteiger partial charge in [-0.15, -0.1) is 0 Å². The van der Waals surface area contributed by atoms with Gasteiger partial charge in [0.25, 0.3) is 5.91 Å². The molecule has 0 saturated carbocycles. The highest BCUT2D eigenvalue weighted by Gasteiger charge is 2.22. The molecule has 0 unspecified atom stereocenters. The standard InChI is InChI=1S/C36H46N4O4/c1-39(24-13-22-37-35(42)33-18-8-7-16-30(33)28-41)23-11-2-3-12-25-40-26-20-31(21-27-40)44-36(43)38-34-19-10-9-17-32(34)29-14-5-4-6-15-29/h4-10,14-19,28,31H,2-3,11-13,20-27H2,1H3,(H,37,42)(H,38,43). The number of unbranched alkanes of at least 4 members (excludes halogenated alkanes) is 3. The van der Waals surface area contributed by atoms with Gasteiger partial charge in [0.1, 0.15) is 6.10 Å². The number of ether oxygens (including phenoxy) is 1. The van der Waals surface area contributed by atoms with E-state index in [-0.39, 0.29) is 18.1 Å². The van der Waals surface area contributed by atoms with Gasteiger partial charge in [-0.05, 0) is 76.5 Å². The second kappa shape index (κ2) is 18.0. The van der Waals surface area contributed by atoms with Crippen molar-refractivity contribution in [1.82, 2.24) is 15.1 Å². The number of anilines is 1. The minimum atomic E-state index is -0.387. The predicted molar refractivity (Wildman–Crippen MR) is 176 cm³/mol. The number of benzene rings is 3. The van der Waals surface area contributed by atoms with Crippen molar-refractivity contribution in [1.29, 1.82) is 0 Å². The first-order valence-corrected chi connectivity index (χ1v) is 15.9. The average molecular weight is 599 g/mol. The fourth-order valence-corrected chi connectivity index (χ4v) is 5.64. The number of likely N-dealkylation sites (tertiary alicyclic amines) is 1. The van der Waals surface area contributed by atoms with Gasteiger partial charge in [-0.2, -0.15) is 0 Å². The van der Waals surface area contributed by atoms with Crippen LogP contribution < -0.4 is 10.6 Å². The van der Waals surface area contributed by atoms with E-state index in [1.165, 1.54) is 19.3 Å². The Labute approximate surface area is 261 Å². The number of carbonyl (C=O) groups excluding carboxylic acids is 3. The third kappa shape index (κ3) is 10.6. The number of amides is 2. The lowest BCUT2D eigenvalue weighted by Crippen LogP contribution is -2.38. The number of hydrogen-bond donors (Lipinski definition) is 2. The number of piperidine rings is 1. The van der Waals surface area contributed by atoms with E-state index in [1.807, 2.05) is 54.6 Å². The van der Waals surface area contributed by atoms with Crippen molar-refractivity contribution >= 4 is 24.0 Å². The molecule has 0 aliphatic carbocycles. The third-order valence-electron chi connectivity index (χ3n) is 8.16. The zero-order chi connectivity index (χ0) is 31.0. The maximum atomic E-state index is 12.7. The van der Waals surface area contributed by atoms with Crippen LogP contribution in [0.1, 0.15) is 65.7 Å². The topological polar surface area (TPSA) is 91.0 Å². The minimum Gasteiger partial charge on any atom is -0.446 e. The first kappa shape index (κ1) is 32.9. The van der Waals surface area contributed by atoms with Gasteiger partial charge in [-0.3, -0.25) is 14.9 Å². The predicted octanol–water partition coefficient (Wildman–Crippen LogP) is 6.49. The smallest absolute Gasteiger partial charge is 0.411 e. The molecule has 0 spiro atoms. The van der Waals surface area contributed by atoms with Crippen LogP contribution in [0.15, 0.2) is 78.9 Å². The first-order chi connectivity index (χ1) is 21.5. The molecule has 8 heteroatoms. The van der Waals surface area contributed by atoms with Crippen molar-refractivity contribution in [3.05, 3.63) is 90.0 Å². The molecule has 0 atom stereocenters. The molecule has 1 heterocycles. The van der Waals surface area contributed by atoms with Crippen molar-refractivity contribution in [3.63, 3.8) is 0 Å². The Kier molecular flexibility index (Phi) is 13.4. The quantitative estimate of drug-likeness (QED) is 0.145. The van der Waals surface area contributed by atoms with Crippen molar-refractivity contribution in [2.45, 2.75) is 51.0 Å². The number of aldehydes is 1. The summed E-state index contributed by atoms with van der Waals surface area (Å²) in [6, 6.07) is 24.7. The normalized spacial score (nSPS) is 13.9. The summed E-state index contributed by atoms with van der Waals surface area (Å²) in [4.78, 5) is 40.9. The highest BCUT2D eigenvalue weighted by molar-refractivity contribution is 6.01. The lowest BCUT2D eigenvalue weighted by molar-refractivity contribution is 0.0584. The molecule has 234 valence electrons. The molecule has 1 fully saturated rings. The lowest BCUT2D eigenvalue weighted by Gasteiger charge is -2.31. The fourth-order valence-electron chi connectivity index (χ4n) is 5.64. The van der Waals surface area contributed by atoms with Gasteiger partial charge in [-0.25, -0.2) is 4.79 Å². The summed E-state index contributed by atoms with van der Waals surface area (Å²) in [5, 5.41) is 5.87. The largest absolute Gasteiger partial charge is 0.446 e. The molecule has 8 nitrogen and oxygen atoms in total. The number of nitrogens with zero attached hydrogens (tertiary/aromatic N) is 2. The summed E-state index contributed by atoms with van der Waals surface area (Å²) < 4.78 is 5.78. The van der Waals surface area contributed by atoms with Crippen LogP contribution in [0.5, 0.6) is 0 Å². The molecule has 4 rings (SSSR count). The molecule has 0 bridgehead atoms. The molecule has 1 aliphatic heterocycles. The minimum absolute atomic E-state index is 0.0499. The van der Waals surface area contributed by atoms with Crippen molar-refractivity contribution < 1.29 is 19.1 Å². The lowest BCUT2D eigenvalue weighted by atomic mass is 10.0. The van der Waals surface area contributed by atoms with Gasteiger partial charge >= 0.3 is 6.09 Å². The highest BCUT2D eigenvalue weighted by Crippen LogP contribution is 2.28. The van der Waals surface area contributed by atoms with E-state index in [0.717, 1.165) is 81.5 Å². The Hall–Kier alpha value is -4.01. The molecular weight excluding hydrogens is 552 g/mol. The Morgan fingerprint density at radius 1 is 0.864 bits per heavy atom. The number of hydrogen-bond acceptors (Lipinski definition) is 6. The van der Waals surface area contributed by atoms with Gasteiger partial charge in [-0.1, -0.05) is 79.6 Å². The van der Waals surface area contributed by atoms with Gasteiger partial charge in [0.2, 0.25) is 0 Å². The molecule has 44 heavy (non-hydrogen) atoms. The second-order valence-electron chi connectivity index (χ2n) is 11.5. The third-order valence-corrected chi connectivity index (χ3v) is 8.16. The van der Waals surface area contributed by atoms with E-state index >= 15 is 0 Å². The van der Waals surface area contributed by atoms with E-state index in [1.54, 1.807) is 24.3 Å². The van der Waals surface area contributed by atoms with Crippen LogP contribution in [0.4, 0.5) is 10.5 Å². The van der Waals surface area contributed by atoms with Gasteiger partial charge < -0.3 is 19.9 Å². The van der Waals surface area contributed by atoms with Crippen molar-refractivity contribution in [2.24, 2.45) is 0 Å². The molecule has 0 aromatic heterocycles. The Balaban J connectivity index is 1.01. The summed E-state index contributed by atoms with van der Waals surface area (Å²) in [6.45, 7) is 5.56. The van der Waals surface area contributed by atoms with Crippen LogP contribution in [0, 0.1) is 0 Å². The zero-order valence-corrected chi connectivity index (χ0v) is 25.9. The van der Waals surface area contributed by atoms with E-state index in [2.05, 4.69) is 27.5 Å². The van der Waals surface area contributed by atoms with Crippen LogP contribution in [0.3, 0.4) is 0 Å². The maximum Gasteiger partial charge on any atom is 0.411 e. The summed E-state index contributed by atoms with van der Waals surface area (Å²) in [6.07, 6.45) is 7.63. The van der Waals surface area contributed by atoms with E-state index < -0.39 is 0 Å². The zero-order valence-electron chi connectivity index (χ0n) is 25.9. The van der Waals surface area contributed by atoms with Gasteiger partial charge in [0, 0.05) is 36.3 Å². The number of para-hydroxylation sites is 1. The number of rotatable bonds is 16. The van der Waals surface area contributed by atoms with Crippen LogP contribution >= 0.6 is 0 Å². The number of carbonyl (C=O) groups is 3. The van der Waals surface area contributed by atoms with Crippen LogP contribution in [0.2, 0.25) is 0 Å². The molecule has 1 aliphatic rings. The van der Waals surface area contributed by atoms with Crippen LogP contribution in [0.25, 0.3) is 11.1 Å². The summed E-state index contributed by atoms with van der Waals surface area (Å²) >= 11 is 0. The fraction of sp³-hybridized carbons (Fsp3) is 0.417. The summed E-state index contributed by atoms with van der Waals surface area (Å²) in [5.74, 6) is -0.196. The van der Waals surface area contributed by atoms with E-state index in [9.17, 15) is 14.4 Å². The van der Waals surface area contributed by atoms with Crippen molar-refractivity contribution in [2.75, 3.05) is 51.6 Å². The average Bonchev–Trinajstić information content (AvgIpc) is 3.06. The van der Waals surface area contributed by atoms with Gasteiger partial charge in [0.05, 0.1) is 5.69 Å². The number of nitrogens with one attached hydrogen (secondary N) is 2. The summed E-state index contributed by atoms with van der Waals surface area (Å²) in [7, 11) is 2.12. The molecule has 0 radical (unpaired) electrons.